The Balaban J connectivity index is 2.07. The maximum absolute atomic E-state index is 11.9. The van der Waals surface area contributed by atoms with Crippen LogP contribution in [0.2, 0.25) is 0 Å². The first-order valence-electron chi connectivity index (χ1n) is 5.18. The number of nitrogens with zero attached hydrogens (tertiary/aromatic N) is 3. The molecule has 0 aliphatic carbocycles. The van der Waals surface area contributed by atoms with Gasteiger partial charge in [-0.3, -0.25) is 9.78 Å². The van der Waals surface area contributed by atoms with Gasteiger partial charge in [0.05, 0.1) is 11.9 Å². The summed E-state index contributed by atoms with van der Waals surface area (Å²) in [5.74, 6) is -0.295. The molecule has 0 aromatic carbocycles. The van der Waals surface area contributed by atoms with Gasteiger partial charge in [-0.25, -0.2) is 0 Å². The number of carbonyl (C=O) groups excluding carboxylic acids is 1. The molecular formula is C10H10BrN5OS. The monoisotopic (exact) mass is 327 g/mol. The standard InChI is InChI=1S/C10H10BrN5OS/c1-2-13-10-16-15-9(18-10)8(17)14-7-3-6(11)4-12-5-7/h3-5H,2H2,1H3,(H,13,16)(H,14,17). The average molecular weight is 328 g/mol. The SMILES string of the molecule is CCNc1nnc(C(=O)Nc2cncc(Br)c2)s1. The first kappa shape index (κ1) is 12.9. The molecule has 0 aliphatic rings. The number of hydrogen-bond donors (Lipinski definition) is 2. The molecule has 94 valence electrons. The maximum atomic E-state index is 11.9. The minimum absolute atomic E-state index is 0.295. The van der Waals surface area contributed by atoms with Crippen molar-refractivity contribution in [3.8, 4) is 0 Å². The van der Waals surface area contributed by atoms with Crippen molar-refractivity contribution >= 4 is 44.0 Å². The maximum Gasteiger partial charge on any atom is 0.286 e. The summed E-state index contributed by atoms with van der Waals surface area (Å²) in [6, 6.07) is 1.76. The zero-order valence-electron chi connectivity index (χ0n) is 9.48. The van der Waals surface area contributed by atoms with Crippen molar-refractivity contribution in [2.24, 2.45) is 0 Å². The lowest BCUT2D eigenvalue weighted by Gasteiger charge is -2.01. The number of anilines is 2. The molecule has 2 aromatic rings. The Bertz CT molecular complexity index is 559. The van der Waals surface area contributed by atoms with Crippen LogP contribution in [-0.2, 0) is 0 Å². The third kappa shape index (κ3) is 3.23. The summed E-state index contributed by atoms with van der Waals surface area (Å²) in [5, 5.41) is 14.3. The van der Waals surface area contributed by atoms with Crippen LogP contribution in [0.15, 0.2) is 22.9 Å². The second-order valence-electron chi connectivity index (χ2n) is 3.29. The van der Waals surface area contributed by atoms with Gasteiger partial charge in [0.2, 0.25) is 10.1 Å². The molecule has 8 heteroatoms. The van der Waals surface area contributed by atoms with E-state index in [4.69, 9.17) is 0 Å². The minimum atomic E-state index is -0.295. The van der Waals surface area contributed by atoms with E-state index in [1.807, 2.05) is 6.92 Å². The molecule has 2 aromatic heterocycles. The summed E-state index contributed by atoms with van der Waals surface area (Å²) in [6.07, 6.45) is 3.21. The number of hydrogen-bond acceptors (Lipinski definition) is 6. The predicted octanol–water partition coefficient (Wildman–Crippen LogP) is 2.38. The van der Waals surface area contributed by atoms with Crippen LogP contribution in [0.5, 0.6) is 0 Å². The molecule has 2 rings (SSSR count). The van der Waals surface area contributed by atoms with E-state index in [1.54, 1.807) is 18.5 Å². The highest BCUT2D eigenvalue weighted by Gasteiger charge is 2.12. The third-order valence-corrected chi connectivity index (χ3v) is 3.22. The zero-order valence-corrected chi connectivity index (χ0v) is 11.9. The van der Waals surface area contributed by atoms with Crippen molar-refractivity contribution in [1.29, 1.82) is 0 Å². The molecule has 0 unspecified atom stereocenters. The van der Waals surface area contributed by atoms with E-state index in [-0.39, 0.29) is 5.91 Å². The first-order chi connectivity index (χ1) is 8.69. The molecule has 6 nitrogen and oxygen atoms in total. The lowest BCUT2D eigenvalue weighted by molar-refractivity contribution is 0.102. The molecule has 0 saturated heterocycles. The summed E-state index contributed by atoms with van der Waals surface area (Å²) < 4.78 is 0.797. The van der Waals surface area contributed by atoms with Gasteiger partial charge in [-0.05, 0) is 28.9 Å². The molecule has 0 radical (unpaired) electrons. The van der Waals surface area contributed by atoms with Gasteiger partial charge in [-0.2, -0.15) is 0 Å². The number of amides is 1. The number of carbonyl (C=O) groups is 1. The Morgan fingerprint density at radius 3 is 3.00 bits per heavy atom. The largest absolute Gasteiger partial charge is 0.360 e. The summed E-state index contributed by atoms with van der Waals surface area (Å²) in [5.41, 5.74) is 0.606. The first-order valence-corrected chi connectivity index (χ1v) is 6.79. The van der Waals surface area contributed by atoms with Crippen LogP contribution >= 0.6 is 27.3 Å². The highest BCUT2D eigenvalue weighted by atomic mass is 79.9. The Labute approximate surface area is 116 Å². The number of rotatable bonds is 4. The van der Waals surface area contributed by atoms with Crippen LogP contribution in [-0.4, -0.2) is 27.6 Å². The fourth-order valence-electron chi connectivity index (χ4n) is 1.20. The van der Waals surface area contributed by atoms with Gasteiger partial charge in [0.1, 0.15) is 0 Å². The molecular weight excluding hydrogens is 318 g/mol. The van der Waals surface area contributed by atoms with E-state index in [9.17, 15) is 4.79 Å². The zero-order chi connectivity index (χ0) is 13.0. The lowest BCUT2D eigenvalue weighted by atomic mass is 10.4. The van der Waals surface area contributed by atoms with E-state index in [1.165, 1.54) is 11.3 Å². The van der Waals surface area contributed by atoms with Crippen LogP contribution in [0, 0.1) is 0 Å². The van der Waals surface area contributed by atoms with Crippen molar-refractivity contribution in [2.45, 2.75) is 6.92 Å². The summed E-state index contributed by atoms with van der Waals surface area (Å²) in [6.45, 7) is 2.69. The third-order valence-electron chi connectivity index (χ3n) is 1.91. The normalized spacial score (nSPS) is 10.1. The molecule has 0 bridgehead atoms. The van der Waals surface area contributed by atoms with Crippen molar-refractivity contribution < 1.29 is 4.79 Å². The van der Waals surface area contributed by atoms with Crippen LogP contribution in [0.1, 0.15) is 16.7 Å². The average Bonchev–Trinajstić information content (AvgIpc) is 2.78. The van der Waals surface area contributed by atoms with Crippen LogP contribution in [0.3, 0.4) is 0 Å². The molecule has 1 amide bonds. The van der Waals surface area contributed by atoms with Crippen LogP contribution in [0.4, 0.5) is 10.8 Å². The van der Waals surface area contributed by atoms with Gasteiger partial charge in [-0.1, -0.05) is 11.3 Å². The molecule has 2 N–H and O–H groups in total. The van der Waals surface area contributed by atoms with Gasteiger partial charge < -0.3 is 10.6 Å². The molecule has 0 fully saturated rings. The second-order valence-corrected chi connectivity index (χ2v) is 5.18. The van der Waals surface area contributed by atoms with E-state index < -0.39 is 0 Å². The molecule has 0 aliphatic heterocycles. The van der Waals surface area contributed by atoms with Crippen molar-refractivity contribution in [3.05, 3.63) is 27.9 Å². The number of nitrogens with one attached hydrogen (secondary N) is 2. The molecule has 18 heavy (non-hydrogen) atoms. The fraction of sp³-hybridized carbons (Fsp3) is 0.200. The molecule has 0 atom stereocenters. The van der Waals surface area contributed by atoms with Crippen molar-refractivity contribution in [1.82, 2.24) is 15.2 Å². The van der Waals surface area contributed by atoms with Gasteiger partial charge in [0.25, 0.3) is 5.91 Å². The molecule has 0 saturated carbocycles. The number of pyridine rings is 1. The minimum Gasteiger partial charge on any atom is -0.360 e. The van der Waals surface area contributed by atoms with Crippen LogP contribution in [0.25, 0.3) is 0 Å². The second kappa shape index (κ2) is 5.87. The Hall–Kier alpha value is -1.54. The molecule has 0 spiro atoms. The summed E-state index contributed by atoms with van der Waals surface area (Å²) >= 11 is 4.50. The Kier molecular flexibility index (Phi) is 4.21. The smallest absolute Gasteiger partial charge is 0.286 e. The van der Waals surface area contributed by atoms with Gasteiger partial charge >= 0.3 is 0 Å². The quantitative estimate of drug-likeness (QED) is 0.901. The van der Waals surface area contributed by atoms with Gasteiger partial charge in [0.15, 0.2) is 0 Å². The summed E-state index contributed by atoms with van der Waals surface area (Å²) in [7, 11) is 0. The number of aromatic nitrogens is 3. The lowest BCUT2D eigenvalue weighted by Crippen LogP contribution is -2.11. The Morgan fingerprint density at radius 1 is 1.44 bits per heavy atom. The topological polar surface area (TPSA) is 79.8 Å². The fourth-order valence-corrected chi connectivity index (χ4v) is 2.27. The predicted molar refractivity (Wildman–Crippen MR) is 74.0 cm³/mol. The van der Waals surface area contributed by atoms with E-state index >= 15 is 0 Å². The highest BCUT2D eigenvalue weighted by Crippen LogP contribution is 2.18. The van der Waals surface area contributed by atoms with Crippen molar-refractivity contribution in [2.75, 3.05) is 17.2 Å². The number of halogens is 1. The Morgan fingerprint density at radius 2 is 2.28 bits per heavy atom. The van der Waals surface area contributed by atoms with Crippen LogP contribution < -0.4 is 10.6 Å². The van der Waals surface area contributed by atoms with Gasteiger partial charge in [0, 0.05) is 17.2 Å². The van der Waals surface area contributed by atoms with E-state index in [0.717, 1.165) is 11.0 Å². The van der Waals surface area contributed by atoms with E-state index in [2.05, 4.69) is 41.7 Å². The van der Waals surface area contributed by atoms with E-state index in [0.29, 0.717) is 15.8 Å². The van der Waals surface area contributed by atoms with Gasteiger partial charge in [-0.15, -0.1) is 10.2 Å². The summed E-state index contributed by atoms with van der Waals surface area (Å²) in [4.78, 5) is 15.8. The highest BCUT2D eigenvalue weighted by molar-refractivity contribution is 9.10. The van der Waals surface area contributed by atoms with Crippen molar-refractivity contribution in [3.63, 3.8) is 0 Å². The molecule has 2 heterocycles.